The van der Waals surface area contributed by atoms with Gasteiger partial charge in [-0.3, -0.25) is 5.41 Å². The van der Waals surface area contributed by atoms with Crippen LogP contribution in [0.1, 0.15) is 5.56 Å². The maximum absolute atomic E-state index is 11.3. The molecule has 104 valence electrons. The fourth-order valence-electron chi connectivity index (χ4n) is 1.44. The molecule has 0 atom stereocenters. The lowest BCUT2D eigenvalue weighted by atomic mass is 10.1. The van der Waals surface area contributed by atoms with E-state index in [4.69, 9.17) is 16.9 Å². The van der Waals surface area contributed by atoms with E-state index in [1.807, 2.05) is 30.3 Å². The molecule has 0 aliphatic rings. The van der Waals surface area contributed by atoms with Gasteiger partial charge in [0, 0.05) is 6.54 Å². The summed E-state index contributed by atoms with van der Waals surface area (Å²) in [5.74, 6) is -1.09. The summed E-state index contributed by atoms with van der Waals surface area (Å²) in [6.07, 6.45) is 0.375. The molecule has 0 radical (unpaired) electrons. The van der Waals surface area contributed by atoms with Crippen LogP contribution >= 0.6 is 7.75 Å². The minimum atomic E-state index is -4.60. The highest BCUT2D eigenvalue weighted by Gasteiger charge is 2.27. The molecular formula is C10H16N5O3P. The maximum Gasteiger partial charge on any atom is 0.432 e. The van der Waals surface area contributed by atoms with Crippen molar-refractivity contribution in [3.8, 4) is 0 Å². The normalized spacial score (nSPS) is 12.2. The number of aliphatic imine (C=N–C) groups is 1. The van der Waals surface area contributed by atoms with E-state index >= 15 is 0 Å². The zero-order valence-corrected chi connectivity index (χ0v) is 11.0. The van der Waals surface area contributed by atoms with Gasteiger partial charge in [0.05, 0.1) is 0 Å². The third kappa shape index (κ3) is 5.09. The molecule has 0 aliphatic carbocycles. The molecule has 8 nitrogen and oxygen atoms in total. The van der Waals surface area contributed by atoms with Gasteiger partial charge in [-0.1, -0.05) is 30.3 Å². The van der Waals surface area contributed by atoms with Crippen LogP contribution in [0.3, 0.4) is 0 Å². The van der Waals surface area contributed by atoms with Gasteiger partial charge < -0.3 is 21.3 Å². The topological polar surface area (TPSA) is 149 Å². The molecule has 1 aromatic rings. The van der Waals surface area contributed by atoms with Crippen molar-refractivity contribution in [2.45, 2.75) is 6.42 Å². The summed E-state index contributed by atoms with van der Waals surface area (Å²) >= 11 is 0. The quantitative estimate of drug-likeness (QED) is 0.294. The number of hydrogen-bond acceptors (Lipinski definition) is 2. The van der Waals surface area contributed by atoms with Crippen LogP contribution in [-0.2, 0) is 11.0 Å². The largest absolute Gasteiger partial charge is 0.432 e. The van der Waals surface area contributed by atoms with Gasteiger partial charge in [0.25, 0.3) is 0 Å². The highest BCUT2D eigenvalue weighted by molar-refractivity contribution is 7.49. The van der Waals surface area contributed by atoms with Gasteiger partial charge in [-0.25, -0.2) is 9.24 Å². The molecule has 1 rings (SSSR count). The molecule has 0 aliphatic heterocycles. The smallest absolute Gasteiger partial charge is 0.369 e. The van der Waals surface area contributed by atoms with E-state index in [2.05, 4.69) is 4.99 Å². The number of rotatable bonds is 4. The van der Waals surface area contributed by atoms with Crippen molar-refractivity contribution in [3.63, 3.8) is 0 Å². The summed E-state index contributed by atoms with van der Waals surface area (Å²) in [6, 6.07) is 9.15. The molecule has 0 heterocycles. The number of nitrogens with one attached hydrogen (secondary N) is 1. The Morgan fingerprint density at radius 3 is 2.37 bits per heavy atom. The Bertz CT molecular complexity index is 513. The Morgan fingerprint density at radius 2 is 1.89 bits per heavy atom. The number of hydrogen-bond donors (Lipinski definition) is 5. The second kappa shape index (κ2) is 6.33. The lowest BCUT2D eigenvalue weighted by Gasteiger charge is -2.23. The molecule has 9 heteroatoms. The zero-order chi connectivity index (χ0) is 14.5. The van der Waals surface area contributed by atoms with Crippen LogP contribution in [0.2, 0.25) is 0 Å². The molecule has 0 bridgehead atoms. The molecule has 0 amide bonds. The molecule has 0 spiro atoms. The Balaban J connectivity index is 2.83. The lowest BCUT2D eigenvalue weighted by Crippen LogP contribution is -2.37. The van der Waals surface area contributed by atoms with E-state index in [0.717, 1.165) is 5.56 Å². The Hall–Kier alpha value is -1.89. The predicted octanol–water partition coefficient (Wildman–Crippen LogP) is -0.168. The Kier molecular flexibility index (Phi) is 5.05. The number of benzene rings is 1. The van der Waals surface area contributed by atoms with Crippen molar-refractivity contribution in [2.24, 2.45) is 16.5 Å². The fraction of sp³-hybridized carbons (Fsp3) is 0.200. The van der Waals surface area contributed by atoms with Crippen molar-refractivity contribution >= 4 is 19.7 Å². The second-order valence-electron chi connectivity index (χ2n) is 3.73. The first-order chi connectivity index (χ1) is 8.80. The maximum atomic E-state index is 11.3. The van der Waals surface area contributed by atoms with Gasteiger partial charge >= 0.3 is 7.75 Å². The summed E-state index contributed by atoms with van der Waals surface area (Å²) in [4.78, 5) is 21.8. The average molecular weight is 285 g/mol. The van der Waals surface area contributed by atoms with E-state index in [-0.39, 0.29) is 6.54 Å². The van der Waals surface area contributed by atoms with E-state index in [0.29, 0.717) is 11.1 Å². The standard InChI is InChI=1S/C10H16N5O3P/c11-9(12)14-10(13)15(19(16,17)18)7-6-8-4-2-1-3-5-8/h1-5H,6-7H2,(H2,16,17,18)(H5,11,12,13,14). The van der Waals surface area contributed by atoms with Crippen LogP contribution in [-0.4, -0.2) is 32.9 Å². The summed E-state index contributed by atoms with van der Waals surface area (Å²) < 4.78 is 12.0. The first-order valence-corrected chi connectivity index (χ1v) is 6.93. The van der Waals surface area contributed by atoms with Crippen molar-refractivity contribution in [1.82, 2.24) is 4.67 Å². The van der Waals surface area contributed by atoms with Crippen molar-refractivity contribution in [2.75, 3.05) is 6.54 Å². The van der Waals surface area contributed by atoms with Crippen molar-refractivity contribution < 1.29 is 14.4 Å². The zero-order valence-electron chi connectivity index (χ0n) is 10.1. The first kappa shape index (κ1) is 15.2. The SMILES string of the molecule is N=C(N)/N=C(/N)N(CCc1ccccc1)P(=O)(O)O. The van der Waals surface area contributed by atoms with Gasteiger partial charge in [0.1, 0.15) is 0 Å². The molecule has 0 saturated heterocycles. The van der Waals surface area contributed by atoms with Crippen molar-refractivity contribution in [1.29, 1.82) is 5.41 Å². The first-order valence-electron chi connectivity index (χ1n) is 5.36. The van der Waals surface area contributed by atoms with Gasteiger partial charge in [-0.05, 0) is 12.0 Å². The highest BCUT2D eigenvalue weighted by Crippen LogP contribution is 2.39. The van der Waals surface area contributed by atoms with E-state index < -0.39 is 19.7 Å². The molecule has 0 saturated carbocycles. The Morgan fingerprint density at radius 1 is 1.32 bits per heavy atom. The van der Waals surface area contributed by atoms with E-state index in [1.165, 1.54) is 0 Å². The summed E-state index contributed by atoms with van der Waals surface area (Å²) in [7, 11) is -4.60. The van der Waals surface area contributed by atoms with E-state index in [9.17, 15) is 14.4 Å². The minimum Gasteiger partial charge on any atom is -0.369 e. The second-order valence-corrected chi connectivity index (χ2v) is 5.24. The van der Waals surface area contributed by atoms with Gasteiger partial charge in [-0.2, -0.15) is 4.99 Å². The number of guanidine groups is 2. The van der Waals surface area contributed by atoms with Crippen LogP contribution in [0, 0.1) is 5.41 Å². The van der Waals surface area contributed by atoms with Crippen LogP contribution in [0.4, 0.5) is 0 Å². The van der Waals surface area contributed by atoms with E-state index in [1.54, 1.807) is 0 Å². The van der Waals surface area contributed by atoms with Gasteiger partial charge in [0.2, 0.25) is 11.9 Å². The minimum absolute atomic E-state index is 0.0308. The average Bonchev–Trinajstić information content (AvgIpc) is 2.27. The molecule has 0 unspecified atom stereocenters. The van der Waals surface area contributed by atoms with Crippen LogP contribution in [0.15, 0.2) is 35.3 Å². The summed E-state index contributed by atoms with van der Waals surface area (Å²) in [6.45, 7) is -0.0308. The lowest BCUT2D eigenvalue weighted by molar-refractivity contribution is 0.316. The third-order valence-electron chi connectivity index (χ3n) is 2.27. The monoisotopic (exact) mass is 285 g/mol. The molecule has 0 fully saturated rings. The third-order valence-corrected chi connectivity index (χ3v) is 3.30. The fourth-order valence-corrected chi connectivity index (χ4v) is 2.11. The Labute approximate surface area is 110 Å². The number of nitrogens with zero attached hydrogens (tertiary/aromatic N) is 2. The van der Waals surface area contributed by atoms with Crippen molar-refractivity contribution in [3.05, 3.63) is 35.9 Å². The summed E-state index contributed by atoms with van der Waals surface area (Å²) in [5.41, 5.74) is 11.3. The molecule has 0 aromatic heterocycles. The van der Waals surface area contributed by atoms with Crippen LogP contribution < -0.4 is 11.5 Å². The van der Waals surface area contributed by atoms with Crippen LogP contribution in [0.25, 0.3) is 0 Å². The molecule has 19 heavy (non-hydrogen) atoms. The van der Waals surface area contributed by atoms with Gasteiger partial charge in [0.15, 0.2) is 0 Å². The molecule has 7 N–H and O–H groups in total. The van der Waals surface area contributed by atoms with Gasteiger partial charge in [-0.15, -0.1) is 0 Å². The molecule has 1 aromatic carbocycles. The highest BCUT2D eigenvalue weighted by atomic mass is 31.2. The molecular weight excluding hydrogens is 269 g/mol. The predicted molar refractivity (Wildman–Crippen MR) is 72.4 cm³/mol. The van der Waals surface area contributed by atoms with Crippen LogP contribution in [0.5, 0.6) is 0 Å². The summed E-state index contributed by atoms with van der Waals surface area (Å²) in [5, 5.41) is 6.95. The number of nitrogens with two attached hydrogens (primary N) is 2.